The van der Waals surface area contributed by atoms with Crippen molar-refractivity contribution < 1.29 is 14.5 Å². The van der Waals surface area contributed by atoms with Crippen molar-refractivity contribution in [3.05, 3.63) is 56.7 Å². The summed E-state index contributed by atoms with van der Waals surface area (Å²) >= 11 is 5.79. The average Bonchev–Trinajstić information content (AvgIpc) is 2.40. The van der Waals surface area contributed by atoms with Gasteiger partial charge in [0.05, 0.1) is 4.92 Å². The lowest BCUT2D eigenvalue weighted by atomic mass is 10.2. The molecular formula is C13H9ClN2O4. The molecule has 102 valence electrons. The summed E-state index contributed by atoms with van der Waals surface area (Å²) in [5.41, 5.74) is 0.917. The number of rotatable bonds is 4. The Morgan fingerprint density at radius 3 is 2.70 bits per heavy atom. The molecule has 0 radical (unpaired) electrons. The van der Waals surface area contributed by atoms with E-state index in [0.717, 1.165) is 0 Å². The molecule has 0 amide bonds. The Labute approximate surface area is 119 Å². The first kappa shape index (κ1) is 14.0. The fourth-order valence-corrected chi connectivity index (χ4v) is 1.81. The third kappa shape index (κ3) is 2.92. The molecule has 7 heteroatoms. The first-order chi connectivity index (χ1) is 9.51. The molecule has 20 heavy (non-hydrogen) atoms. The second-order valence-electron chi connectivity index (χ2n) is 3.98. The number of nitro groups is 1. The summed E-state index contributed by atoms with van der Waals surface area (Å²) in [4.78, 5) is 24.7. The maximum Gasteiger partial charge on any atom is 0.288 e. The Kier molecular flexibility index (Phi) is 3.95. The smallest absolute Gasteiger partial charge is 0.288 e. The molecule has 6 nitrogen and oxygen atoms in total. The number of hydrogen-bond donors (Lipinski definition) is 0. The number of hydrogen-bond acceptors (Lipinski definition) is 5. The van der Waals surface area contributed by atoms with Crippen molar-refractivity contribution >= 4 is 23.6 Å². The number of nitro benzene ring substituents is 1. The van der Waals surface area contributed by atoms with Gasteiger partial charge in [0.15, 0.2) is 6.29 Å². The minimum Gasteiger partial charge on any atom is -0.439 e. The summed E-state index contributed by atoms with van der Waals surface area (Å²) in [5.74, 6) is 0.635. The Balaban J connectivity index is 2.28. The zero-order chi connectivity index (χ0) is 14.7. The van der Waals surface area contributed by atoms with Crippen LogP contribution in [-0.2, 0) is 0 Å². The van der Waals surface area contributed by atoms with Crippen LogP contribution in [0.1, 0.15) is 15.9 Å². The molecule has 1 heterocycles. The van der Waals surface area contributed by atoms with Gasteiger partial charge in [0, 0.05) is 29.5 Å². The summed E-state index contributed by atoms with van der Waals surface area (Å²) < 4.78 is 5.49. The number of carbonyl (C=O) groups excluding carboxylic acids is 1. The first-order valence-electron chi connectivity index (χ1n) is 5.55. The van der Waals surface area contributed by atoms with Gasteiger partial charge in [0.2, 0.25) is 5.88 Å². The van der Waals surface area contributed by atoms with E-state index in [1.54, 1.807) is 13.0 Å². The van der Waals surface area contributed by atoms with E-state index in [0.29, 0.717) is 29.0 Å². The van der Waals surface area contributed by atoms with Crippen LogP contribution in [0.2, 0.25) is 5.02 Å². The molecule has 0 saturated carbocycles. The van der Waals surface area contributed by atoms with Gasteiger partial charge < -0.3 is 4.74 Å². The van der Waals surface area contributed by atoms with Gasteiger partial charge in [0.25, 0.3) is 5.69 Å². The van der Waals surface area contributed by atoms with Crippen molar-refractivity contribution in [2.75, 3.05) is 0 Å². The number of carbonyl (C=O) groups is 1. The topological polar surface area (TPSA) is 82.3 Å². The number of aldehydes is 1. The fraction of sp³-hybridized carbons (Fsp3) is 0.0769. The Morgan fingerprint density at radius 1 is 1.40 bits per heavy atom. The molecular weight excluding hydrogens is 284 g/mol. The summed E-state index contributed by atoms with van der Waals surface area (Å²) in [5, 5.41) is 10.6. The zero-order valence-corrected chi connectivity index (χ0v) is 11.1. The minimum atomic E-state index is -0.575. The van der Waals surface area contributed by atoms with Crippen LogP contribution in [0.15, 0.2) is 30.5 Å². The van der Waals surface area contributed by atoms with Crippen LogP contribution in [0.3, 0.4) is 0 Å². The van der Waals surface area contributed by atoms with Crippen LogP contribution in [-0.4, -0.2) is 16.2 Å². The van der Waals surface area contributed by atoms with E-state index in [1.807, 2.05) is 0 Å². The number of ether oxygens (including phenoxy) is 1. The van der Waals surface area contributed by atoms with Gasteiger partial charge in [0.1, 0.15) is 10.8 Å². The third-order valence-electron chi connectivity index (χ3n) is 2.52. The van der Waals surface area contributed by atoms with Gasteiger partial charge in [-0.2, -0.15) is 0 Å². The molecule has 2 aromatic rings. The molecule has 1 aromatic carbocycles. The SMILES string of the molecule is Cc1cc(C=O)cnc1Oc1ccc([N+](=O)[O-])c(Cl)c1. The van der Waals surface area contributed by atoms with Gasteiger partial charge in [-0.05, 0) is 19.1 Å². The van der Waals surface area contributed by atoms with Crippen molar-refractivity contribution in [2.24, 2.45) is 0 Å². The predicted octanol–water partition coefficient (Wildman–Crippen LogP) is 3.56. The van der Waals surface area contributed by atoms with E-state index >= 15 is 0 Å². The van der Waals surface area contributed by atoms with Crippen LogP contribution in [0.5, 0.6) is 11.6 Å². The Morgan fingerprint density at radius 2 is 2.15 bits per heavy atom. The van der Waals surface area contributed by atoms with Crippen LogP contribution in [0, 0.1) is 17.0 Å². The second-order valence-corrected chi connectivity index (χ2v) is 4.39. The van der Waals surface area contributed by atoms with Crippen molar-refractivity contribution in [3.63, 3.8) is 0 Å². The molecule has 0 saturated heterocycles. The molecule has 1 aromatic heterocycles. The van der Waals surface area contributed by atoms with Gasteiger partial charge in [-0.15, -0.1) is 0 Å². The van der Waals surface area contributed by atoms with E-state index in [-0.39, 0.29) is 10.7 Å². The van der Waals surface area contributed by atoms with Crippen molar-refractivity contribution in [1.29, 1.82) is 0 Å². The zero-order valence-electron chi connectivity index (χ0n) is 10.4. The highest BCUT2D eigenvalue weighted by atomic mass is 35.5. The lowest BCUT2D eigenvalue weighted by Gasteiger charge is -2.08. The number of halogens is 1. The summed E-state index contributed by atoms with van der Waals surface area (Å²) in [7, 11) is 0. The van der Waals surface area contributed by atoms with Gasteiger partial charge in [-0.25, -0.2) is 4.98 Å². The molecule has 0 spiro atoms. The number of pyridine rings is 1. The number of benzene rings is 1. The Hall–Kier alpha value is -2.47. The molecule has 0 aliphatic carbocycles. The molecule has 2 rings (SSSR count). The second kappa shape index (κ2) is 5.66. The van der Waals surface area contributed by atoms with Crippen LogP contribution >= 0.6 is 11.6 Å². The lowest BCUT2D eigenvalue weighted by molar-refractivity contribution is -0.384. The number of aryl methyl sites for hydroxylation is 1. The predicted molar refractivity (Wildman–Crippen MR) is 72.5 cm³/mol. The van der Waals surface area contributed by atoms with Crippen LogP contribution in [0.4, 0.5) is 5.69 Å². The summed E-state index contributed by atoms with van der Waals surface area (Å²) in [6.45, 7) is 1.74. The largest absolute Gasteiger partial charge is 0.439 e. The highest BCUT2D eigenvalue weighted by molar-refractivity contribution is 6.32. The molecule has 0 bridgehead atoms. The highest BCUT2D eigenvalue weighted by Gasteiger charge is 2.13. The molecule has 0 atom stereocenters. The molecule has 0 N–H and O–H groups in total. The van der Waals surface area contributed by atoms with E-state index in [2.05, 4.69) is 4.98 Å². The van der Waals surface area contributed by atoms with Crippen molar-refractivity contribution in [1.82, 2.24) is 4.98 Å². The molecule has 0 fully saturated rings. The molecule has 0 aliphatic heterocycles. The van der Waals surface area contributed by atoms with E-state index in [9.17, 15) is 14.9 Å². The van der Waals surface area contributed by atoms with E-state index in [1.165, 1.54) is 24.4 Å². The standard InChI is InChI=1S/C13H9ClN2O4/c1-8-4-9(7-17)6-15-13(8)20-10-2-3-12(16(18)19)11(14)5-10/h2-7H,1H3. The Bertz CT molecular complexity index is 688. The van der Waals surface area contributed by atoms with Gasteiger partial charge >= 0.3 is 0 Å². The molecule has 0 unspecified atom stereocenters. The maximum atomic E-state index is 10.7. The molecule has 0 aliphatic rings. The van der Waals surface area contributed by atoms with Crippen molar-refractivity contribution in [2.45, 2.75) is 6.92 Å². The number of aromatic nitrogens is 1. The monoisotopic (exact) mass is 292 g/mol. The lowest BCUT2D eigenvalue weighted by Crippen LogP contribution is -1.94. The van der Waals surface area contributed by atoms with E-state index in [4.69, 9.17) is 16.3 Å². The van der Waals surface area contributed by atoms with Crippen molar-refractivity contribution in [3.8, 4) is 11.6 Å². The van der Waals surface area contributed by atoms with Gasteiger partial charge in [-0.3, -0.25) is 14.9 Å². The van der Waals surface area contributed by atoms with Crippen LogP contribution in [0.25, 0.3) is 0 Å². The first-order valence-corrected chi connectivity index (χ1v) is 5.92. The maximum absolute atomic E-state index is 10.7. The third-order valence-corrected chi connectivity index (χ3v) is 2.82. The minimum absolute atomic E-state index is 0.0188. The summed E-state index contributed by atoms with van der Waals surface area (Å²) in [6.07, 6.45) is 2.06. The normalized spacial score (nSPS) is 10.1. The summed E-state index contributed by atoms with van der Waals surface area (Å²) in [6, 6.07) is 5.66. The van der Waals surface area contributed by atoms with Crippen LogP contribution < -0.4 is 4.74 Å². The van der Waals surface area contributed by atoms with Gasteiger partial charge in [-0.1, -0.05) is 11.6 Å². The average molecular weight is 293 g/mol. The van der Waals surface area contributed by atoms with E-state index < -0.39 is 4.92 Å². The quantitative estimate of drug-likeness (QED) is 0.489. The fourth-order valence-electron chi connectivity index (χ4n) is 1.57. The number of nitrogens with zero attached hydrogens (tertiary/aromatic N) is 2. The highest BCUT2D eigenvalue weighted by Crippen LogP contribution is 2.31.